The lowest BCUT2D eigenvalue weighted by molar-refractivity contribution is 0.0601. The number of hydrogen-bond acceptors (Lipinski definition) is 5. The maximum Gasteiger partial charge on any atom is 0.341 e. The van der Waals surface area contributed by atoms with Gasteiger partial charge >= 0.3 is 5.97 Å². The van der Waals surface area contributed by atoms with E-state index in [1.165, 1.54) is 28.9 Å². The normalized spacial score (nSPS) is 12.5. The number of methoxy groups -OCH3 is 1. The van der Waals surface area contributed by atoms with Gasteiger partial charge in [0.25, 0.3) is 5.91 Å². The summed E-state index contributed by atoms with van der Waals surface area (Å²) in [6.07, 6.45) is 0.912. The van der Waals surface area contributed by atoms with Crippen LogP contribution in [-0.2, 0) is 11.2 Å². The van der Waals surface area contributed by atoms with E-state index in [0.29, 0.717) is 26.1 Å². The first-order chi connectivity index (χ1) is 12.8. The molecule has 1 aromatic carbocycles. The average Bonchev–Trinajstić information content (AvgIpc) is 3.21. The van der Waals surface area contributed by atoms with Gasteiger partial charge in [0.15, 0.2) is 5.11 Å². The smallest absolute Gasteiger partial charge is 0.341 e. The summed E-state index contributed by atoms with van der Waals surface area (Å²) in [6, 6.07) is 8.10. The van der Waals surface area contributed by atoms with E-state index in [1.807, 2.05) is 23.1 Å². The molecule has 1 aromatic heterocycles. The van der Waals surface area contributed by atoms with Crippen LogP contribution in [-0.4, -0.2) is 49.6 Å². The van der Waals surface area contributed by atoms with Gasteiger partial charge in [0.2, 0.25) is 0 Å². The molecular weight excluding hydrogens is 382 g/mol. The molecule has 6 nitrogen and oxygen atoms in total. The fourth-order valence-electron chi connectivity index (χ4n) is 3.07. The van der Waals surface area contributed by atoms with Crippen LogP contribution in [0.15, 0.2) is 24.3 Å². The number of para-hydroxylation sites is 1. The van der Waals surface area contributed by atoms with Gasteiger partial charge in [0, 0.05) is 26.3 Å². The van der Waals surface area contributed by atoms with Gasteiger partial charge in [0.1, 0.15) is 5.00 Å². The standard InChI is InChI=1S/C19H21N3O3S2/c1-11-14(18(24)25-4)16(27-15(11)17(23)21(2)3)20-19(26)22-10-9-12-7-5-6-8-13(12)22/h5-8H,9-10H2,1-4H3,(H,20,26). The number of hydrogen-bond donors (Lipinski definition) is 1. The first-order valence-corrected chi connectivity index (χ1v) is 9.67. The molecule has 2 aromatic rings. The summed E-state index contributed by atoms with van der Waals surface area (Å²) in [6.45, 7) is 2.52. The van der Waals surface area contributed by atoms with Crippen molar-refractivity contribution in [2.75, 3.05) is 38.0 Å². The number of carbonyl (C=O) groups excluding carboxylic acids is 2. The third-order valence-electron chi connectivity index (χ3n) is 4.49. The van der Waals surface area contributed by atoms with E-state index >= 15 is 0 Å². The Morgan fingerprint density at radius 1 is 1.30 bits per heavy atom. The number of amides is 1. The van der Waals surface area contributed by atoms with E-state index in [0.717, 1.165) is 18.7 Å². The third kappa shape index (κ3) is 3.54. The molecule has 1 aliphatic heterocycles. The van der Waals surface area contributed by atoms with Crippen molar-refractivity contribution in [3.05, 3.63) is 45.8 Å². The molecule has 0 spiro atoms. The van der Waals surface area contributed by atoms with E-state index in [4.69, 9.17) is 17.0 Å². The monoisotopic (exact) mass is 403 g/mol. The lowest BCUT2D eigenvalue weighted by Gasteiger charge is -2.21. The predicted molar refractivity (Wildman–Crippen MR) is 112 cm³/mol. The molecular formula is C19H21N3O3S2. The zero-order chi connectivity index (χ0) is 19.7. The summed E-state index contributed by atoms with van der Waals surface area (Å²) in [5, 5.41) is 4.19. The molecule has 0 bridgehead atoms. The molecule has 0 saturated heterocycles. The SMILES string of the molecule is COC(=O)c1c(NC(=S)N2CCc3ccccc32)sc(C(=O)N(C)C)c1C. The second-order valence-electron chi connectivity index (χ2n) is 6.41. The van der Waals surface area contributed by atoms with E-state index < -0.39 is 5.97 Å². The second kappa shape index (κ2) is 7.66. The van der Waals surface area contributed by atoms with Crippen molar-refractivity contribution in [2.24, 2.45) is 0 Å². The number of thiophene rings is 1. The van der Waals surface area contributed by atoms with Gasteiger partial charge in [-0.1, -0.05) is 18.2 Å². The molecule has 2 heterocycles. The summed E-state index contributed by atoms with van der Waals surface area (Å²) < 4.78 is 4.92. The summed E-state index contributed by atoms with van der Waals surface area (Å²) in [5.41, 5.74) is 3.24. The van der Waals surface area contributed by atoms with Crippen LogP contribution in [0, 0.1) is 6.92 Å². The highest BCUT2D eigenvalue weighted by molar-refractivity contribution is 7.80. The molecule has 3 rings (SSSR count). The summed E-state index contributed by atoms with van der Waals surface area (Å²) in [5.74, 6) is -0.651. The van der Waals surface area contributed by atoms with E-state index in [-0.39, 0.29) is 5.91 Å². The lowest BCUT2D eigenvalue weighted by atomic mass is 10.1. The summed E-state index contributed by atoms with van der Waals surface area (Å²) in [7, 11) is 4.68. The number of esters is 1. The number of nitrogens with zero attached hydrogens (tertiary/aromatic N) is 2. The van der Waals surface area contributed by atoms with Crippen molar-refractivity contribution >= 4 is 51.2 Å². The minimum Gasteiger partial charge on any atom is -0.465 e. The largest absolute Gasteiger partial charge is 0.465 e. The van der Waals surface area contributed by atoms with Crippen molar-refractivity contribution in [1.82, 2.24) is 4.90 Å². The Balaban J connectivity index is 1.94. The van der Waals surface area contributed by atoms with E-state index in [1.54, 1.807) is 21.0 Å². The number of fused-ring (bicyclic) bond motifs is 1. The van der Waals surface area contributed by atoms with Gasteiger partial charge in [-0.15, -0.1) is 11.3 Å². The van der Waals surface area contributed by atoms with Gasteiger partial charge in [-0.25, -0.2) is 4.79 Å². The zero-order valence-electron chi connectivity index (χ0n) is 15.7. The fourth-order valence-corrected chi connectivity index (χ4v) is 4.64. The number of benzene rings is 1. The quantitative estimate of drug-likeness (QED) is 0.627. The first kappa shape index (κ1) is 19.3. The number of nitrogens with one attached hydrogen (secondary N) is 1. The Kier molecular flexibility index (Phi) is 5.48. The highest BCUT2D eigenvalue weighted by Crippen LogP contribution is 2.35. The van der Waals surface area contributed by atoms with Crippen LogP contribution < -0.4 is 10.2 Å². The number of anilines is 2. The second-order valence-corrected chi connectivity index (χ2v) is 7.82. The van der Waals surface area contributed by atoms with Crippen LogP contribution in [0.25, 0.3) is 0 Å². The molecule has 0 atom stereocenters. The van der Waals surface area contributed by atoms with Gasteiger partial charge in [-0.2, -0.15) is 0 Å². The Bertz CT molecular complexity index is 921. The maximum atomic E-state index is 12.5. The third-order valence-corrected chi connectivity index (χ3v) is 6.01. The Labute approximate surface area is 167 Å². The number of rotatable bonds is 3. The number of thiocarbonyl (C=S) groups is 1. The molecule has 0 fully saturated rings. The molecule has 1 aliphatic rings. The Morgan fingerprint density at radius 2 is 2.00 bits per heavy atom. The van der Waals surface area contributed by atoms with Crippen LogP contribution in [0.3, 0.4) is 0 Å². The molecule has 27 heavy (non-hydrogen) atoms. The van der Waals surface area contributed by atoms with Crippen LogP contribution in [0.2, 0.25) is 0 Å². The molecule has 8 heteroatoms. The van der Waals surface area contributed by atoms with Crippen LogP contribution >= 0.6 is 23.6 Å². The lowest BCUT2D eigenvalue weighted by Crippen LogP contribution is -2.33. The maximum absolute atomic E-state index is 12.5. The van der Waals surface area contributed by atoms with Crippen molar-refractivity contribution in [1.29, 1.82) is 0 Å². The Hall–Kier alpha value is -2.45. The fraction of sp³-hybridized carbons (Fsp3) is 0.316. The van der Waals surface area contributed by atoms with Crippen LogP contribution in [0.5, 0.6) is 0 Å². The molecule has 0 saturated carbocycles. The van der Waals surface area contributed by atoms with Gasteiger partial charge in [-0.3, -0.25) is 4.79 Å². The van der Waals surface area contributed by atoms with E-state index in [9.17, 15) is 9.59 Å². The summed E-state index contributed by atoms with van der Waals surface area (Å²) >= 11 is 6.82. The van der Waals surface area contributed by atoms with Crippen molar-refractivity contribution in [3.63, 3.8) is 0 Å². The number of ether oxygens (including phenoxy) is 1. The highest BCUT2D eigenvalue weighted by Gasteiger charge is 2.28. The highest BCUT2D eigenvalue weighted by atomic mass is 32.1. The van der Waals surface area contributed by atoms with Gasteiger partial charge in [0.05, 0.1) is 17.6 Å². The molecule has 1 N–H and O–H groups in total. The van der Waals surface area contributed by atoms with Gasteiger partial charge < -0.3 is 19.9 Å². The minimum atomic E-state index is -0.492. The first-order valence-electron chi connectivity index (χ1n) is 8.45. The molecule has 142 valence electrons. The van der Waals surface area contributed by atoms with Crippen LogP contribution in [0.1, 0.15) is 31.2 Å². The van der Waals surface area contributed by atoms with Crippen molar-refractivity contribution < 1.29 is 14.3 Å². The predicted octanol–water partition coefficient (Wildman–Crippen LogP) is 3.30. The Morgan fingerprint density at radius 3 is 2.67 bits per heavy atom. The van der Waals surface area contributed by atoms with Crippen molar-refractivity contribution in [3.8, 4) is 0 Å². The molecule has 0 aliphatic carbocycles. The average molecular weight is 404 g/mol. The zero-order valence-corrected chi connectivity index (χ0v) is 17.3. The van der Waals surface area contributed by atoms with Gasteiger partial charge in [-0.05, 0) is 42.8 Å². The topological polar surface area (TPSA) is 61.9 Å². The van der Waals surface area contributed by atoms with Crippen LogP contribution in [0.4, 0.5) is 10.7 Å². The van der Waals surface area contributed by atoms with E-state index in [2.05, 4.69) is 11.4 Å². The summed E-state index contributed by atoms with van der Waals surface area (Å²) in [4.78, 5) is 28.8. The molecule has 0 radical (unpaired) electrons. The molecule has 1 amide bonds. The number of carbonyl (C=O) groups is 2. The molecule has 0 unspecified atom stereocenters. The van der Waals surface area contributed by atoms with Crippen molar-refractivity contribution in [2.45, 2.75) is 13.3 Å². The minimum absolute atomic E-state index is 0.159.